The minimum Gasteiger partial charge on any atom is -0.475 e. The van der Waals surface area contributed by atoms with Crippen molar-refractivity contribution in [3.8, 4) is 0 Å². The third-order valence-electron chi connectivity index (χ3n) is 6.03. The molecule has 2 N–H and O–H groups in total. The number of nitrogens with one attached hydrogen (secondary N) is 1. The number of nitrogens with zero attached hydrogens (tertiary/aromatic N) is 2. The van der Waals surface area contributed by atoms with Crippen molar-refractivity contribution < 1.29 is 32.6 Å². The molecule has 1 aromatic heterocycles. The lowest BCUT2D eigenvalue weighted by atomic mass is 9.81. The van der Waals surface area contributed by atoms with Crippen molar-refractivity contribution >= 4 is 11.9 Å². The monoisotopic (exact) mass is 443 g/mol. The average Bonchev–Trinajstić information content (AvgIpc) is 3.12. The van der Waals surface area contributed by atoms with Crippen LogP contribution in [0.3, 0.4) is 0 Å². The number of pyridine rings is 1. The highest BCUT2D eigenvalue weighted by molar-refractivity contribution is 5.80. The van der Waals surface area contributed by atoms with Gasteiger partial charge in [0, 0.05) is 43.9 Å². The van der Waals surface area contributed by atoms with Crippen LogP contribution in [0.4, 0.5) is 13.2 Å². The van der Waals surface area contributed by atoms with Crippen LogP contribution in [-0.2, 0) is 20.9 Å². The van der Waals surface area contributed by atoms with Crippen LogP contribution in [0.5, 0.6) is 0 Å². The molecule has 0 bridgehead atoms. The van der Waals surface area contributed by atoms with Crippen molar-refractivity contribution in [1.29, 1.82) is 0 Å². The van der Waals surface area contributed by atoms with Gasteiger partial charge in [-0.25, -0.2) is 4.79 Å². The molecule has 1 amide bonds. The summed E-state index contributed by atoms with van der Waals surface area (Å²) < 4.78 is 37.7. The van der Waals surface area contributed by atoms with E-state index in [2.05, 4.69) is 27.3 Å². The number of halogens is 3. The fourth-order valence-electron chi connectivity index (χ4n) is 4.24. The number of piperidine rings is 1. The first kappa shape index (κ1) is 23.5. The van der Waals surface area contributed by atoms with Crippen LogP contribution < -0.4 is 5.32 Å². The van der Waals surface area contributed by atoms with E-state index in [1.807, 2.05) is 13.0 Å². The Kier molecular flexibility index (Phi) is 7.53. The molecule has 0 spiro atoms. The van der Waals surface area contributed by atoms with Crippen LogP contribution in [0.2, 0.25) is 0 Å². The quantitative estimate of drug-likeness (QED) is 0.743. The molecular formula is C21H28F3N3O4. The number of amides is 1. The number of aryl methyl sites for hydroxylation is 1. The molecule has 1 saturated carbocycles. The largest absolute Gasteiger partial charge is 0.490 e. The zero-order valence-electron chi connectivity index (χ0n) is 17.4. The van der Waals surface area contributed by atoms with E-state index in [4.69, 9.17) is 14.6 Å². The Hall–Kier alpha value is -2.20. The molecule has 0 unspecified atom stereocenters. The highest BCUT2D eigenvalue weighted by atomic mass is 19.4. The molecule has 1 aromatic rings. The molecule has 1 aliphatic carbocycles. The van der Waals surface area contributed by atoms with Crippen molar-refractivity contribution in [2.24, 2.45) is 11.8 Å². The molecule has 4 rings (SSSR count). The van der Waals surface area contributed by atoms with Crippen LogP contribution in [0.1, 0.15) is 37.1 Å². The summed E-state index contributed by atoms with van der Waals surface area (Å²) in [6, 6.07) is 6.55. The van der Waals surface area contributed by atoms with Gasteiger partial charge in [-0.05, 0) is 44.7 Å². The van der Waals surface area contributed by atoms with Crippen molar-refractivity contribution in [3.05, 3.63) is 29.6 Å². The van der Waals surface area contributed by atoms with Gasteiger partial charge in [0.2, 0.25) is 5.91 Å². The summed E-state index contributed by atoms with van der Waals surface area (Å²) in [5.74, 6) is -2.09. The van der Waals surface area contributed by atoms with E-state index in [9.17, 15) is 18.0 Å². The van der Waals surface area contributed by atoms with Gasteiger partial charge in [0.15, 0.2) is 0 Å². The Morgan fingerprint density at radius 3 is 2.55 bits per heavy atom. The fraction of sp³-hybridized carbons (Fsp3) is 0.667. The Morgan fingerprint density at radius 2 is 1.97 bits per heavy atom. The van der Waals surface area contributed by atoms with Gasteiger partial charge >= 0.3 is 12.1 Å². The highest BCUT2D eigenvalue weighted by Crippen LogP contribution is 2.35. The van der Waals surface area contributed by atoms with Gasteiger partial charge in [0.05, 0.1) is 17.7 Å². The molecule has 3 aliphatic rings. The number of aliphatic carboxylic acids is 1. The number of alkyl halides is 3. The molecule has 172 valence electrons. The second-order valence-corrected chi connectivity index (χ2v) is 8.37. The van der Waals surface area contributed by atoms with E-state index in [0.29, 0.717) is 12.0 Å². The van der Waals surface area contributed by atoms with Crippen molar-refractivity contribution in [3.63, 3.8) is 0 Å². The minimum absolute atomic E-state index is 0.0525. The van der Waals surface area contributed by atoms with E-state index in [1.54, 1.807) is 0 Å². The Balaban J connectivity index is 0.000000339. The second kappa shape index (κ2) is 9.95. The maximum atomic E-state index is 12.8. The van der Waals surface area contributed by atoms with E-state index in [1.165, 1.54) is 6.42 Å². The summed E-state index contributed by atoms with van der Waals surface area (Å²) in [7, 11) is 0. The Bertz CT molecular complexity index is 785. The number of hydrogen-bond acceptors (Lipinski definition) is 5. The molecule has 3 fully saturated rings. The summed E-state index contributed by atoms with van der Waals surface area (Å²) in [6.45, 7) is 5.33. The van der Waals surface area contributed by atoms with Crippen molar-refractivity contribution in [1.82, 2.24) is 15.2 Å². The molecule has 7 nitrogen and oxygen atoms in total. The van der Waals surface area contributed by atoms with E-state index < -0.39 is 12.1 Å². The Morgan fingerprint density at radius 1 is 1.26 bits per heavy atom. The number of hydrogen-bond donors (Lipinski definition) is 2. The number of carbonyl (C=O) groups excluding carboxylic acids is 1. The number of carboxylic acid groups (broad SMARTS) is 1. The van der Waals surface area contributed by atoms with Gasteiger partial charge in [0.1, 0.15) is 0 Å². The van der Waals surface area contributed by atoms with Gasteiger partial charge in [0.25, 0.3) is 0 Å². The van der Waals surface area contributed by atoms with Crippen LogP contribution in [0, 0.1) is 18.8 Å². The molecule has 2 saturated heterocycles. The molecular weight excluding hydrogens is 415 g/mol. The minimum atomic E-state index is -5.08. The van der Waals surface area contributed by atoms with Crippen molar-refractivity contribution in [2.45, 2.75) is 57.5 Å². The standard InChI is InChI=1S/C19H27N3O2.C2HF3O2/c1-13-4-2-7-15(20-13)10-22-11-17(16-8-9-24-18(16)12-22)19(23)21-14-5-3-6-14;3-2(4,5)1(6)7/h2,4,7,14,16-18H,3,5-6,8-12H2,1H3,(H,21,23);(H,6,7)/t16-,17-,18+;/m0./s1. The molecule has 3 heterocycles. The molecule has 0 aromatic carbocycles. The lowest BCUT2D eigenvalue weighted by molar-refractivity contribution is -0.192. The van der Waals surface area contributed by atoms with Gasteiger partial charge < -0.3 is 15.2 Å². The molecule has 3 atom stereocenters. The summed E-state index contributed by atoms with van der Waals surface area (Å²) in [4.78, 5) is 28.6. The number of carboxylic acids is 1. The fourth-order valence-corrected chi connectivity index (χ4v) is 4.24. The first-order valence-electron chi connectivity index (χ1n) is 10.5. The maximum Gasteiger partial charge on any atom is 0.490 e. The third kappa shape index (κ3) is 6.39. The van der Waals surface area contributed by atoms with Crippen LogP contribution in [-0.4, -0.2) is 64.9 Å². The van der Waals surface area contributed by atoms with Crippen LogP contribution >= 0.6 is 0 Å². The number of fused-ring (bicyclic) bond motifs is 1. The number of aromatic nitrogens is 1. The van der Waals surface area contributed by atoms with Crippen molar-refractivity contribution in [2.75, 3.05) is 19.7 Å². The van der Waals surface area contributed by atoms with Crippen LogP contribution in [0.15, 0.2) is 18.2 Å². The van der Waals surface area contributed by atoms with Gasteiger partial charge in [-0.15, -0.1) is 0 Å². The molecule has 10 heteroatoms. The second-order valence-electron chi connectivity index (χ2n) is 8.37. The van der Waals surface area contributed by atoms with E-state index in [0.717, 1.165) is 56.9 Å². The average molecular weight is 443 g/mol. The number of carbonyl (C=O) groups is 2. The summed E-state index contributed by atoms with van der Waals surface area (Å²) in [6.07, 6.45) is -0.347. The first-order valence-corrected chi connectivity index (χ1v) is 10.5. The number of rotatable bonds is 4. The SMILES string of the molecule is Cc1cccc(CN2C[C@H](C(=O)NC3CCC3)[C@@H]3CCO[C@@H]3C2)n1.O=C(O)C(F)(F)F. The first-order chi connectivity index (χ1) is 14.6. The number of likely N-dealkylation sites (tertiary alicyclic amines) is 1. The summed E-state index contributed by atoms with van der Waals surface area (Å²) >= 11 is 0. The van der Waals surface area contributed by atoms with Gasteiger partial charge in [-0.3, -0.25) is 14.7 Å². The Labute approximate surface area is 179 Å². The molecule has 0 radical (unpaired) electrons. The normalized spacial score (nSPS) is 26.3. The summed E-state index contributed by atoms with van der Waals surface area (Å²) in [5, 5.41) is 10.4. The zero-order chi connectivity index (χ0) is 22.6. The lowest BCUT2D eigenvalue weighted by Gasteiger charge is -2.40. The van der Waals surface area contributed by atoms with E-state index >= 15 is 0 Å². The third-order valence-corrected chi connectivity index (χ3v) is 6.03. The molecule has 31 heavy (non-hydrogen) atoms. The highest BCUT2D eigenvalue weighted by Gasteiger charge is 2.44. The lowest BCUT2D eigenvalue weighted by Crippen LogP contribution is -2.54. The number of ether oxygens (including phenoxy) is 1. The summed E-state index contributed by atoms with van der Waals surface area (Å²) in [5.41, 5.74) is 2.11. The zero-order valence-corrected chi connectivity index (χ0v) is 17.4. The van der Waals surface area contributed by atoms with Gasteiger partial charge in [-0.2, -0.15) is 13.2 Å². The smallest absolute Gasteiger partial charge is 0.475 e. The van der Waals surface area contributed by atoms with Crippen LogP contribution in [0.25, 0.3) is 0 Å². The molecule has 2 aliphatic heterocycles. The van der Waals surface area contributed by atoms with Gasteiger partial charge in [-0.1, -0.05) is 6.07 Å². The topological polar surface area (TPSA) is 91.8 Å². The predicted octanol–water partition coefficient (Wildman–Crippen LogP) is 2.53. The predicted molar refractivity (Wildman–Crippen MR) is 105 cm³/mol. The maximum absolute atomic E-state index is 12.8. The van der Waals surface area contributed by atoms with E-state index in [-0.39, 0.29) is 17.9 Å².